The highest BCUT2D eigenvalue weighted by atomic mass is 19.1. The topological polar surface area (TPSA) is 62.2 Å². The quantitative estimate of drug-likeness (QED) is 0.887. The summed E-state index contributed by atoms with van der Waals surface area (Å²) in [5.74, 6) is -1.96. The maximum Gasteiger partial charge on any atom is 0.252 e. The van der Waals surface area contributed by atoms with Crippen LogP contribution in [0.15, 0.2) is 24.4 Å². The highest BCUT2D eigenvalue weighted by Crippen LogP contribution is 2.18. The van der Waals surface area contributed by atoms with Crippen molar-refractivity contribution in [3.8, 4) is 0 Å². The van der Waals surface area contributed by atoms with Gasteiger partial charge in [0.2, 0.25) is 0 Å². The van der Waals surface area contributed by atoms with Gasteiger partial charge in [-0.05, 0) is 19.1 Å². The number of hydrogen-bond acceptors (Lipinski definition) is 3. The van der Waals surface area contributed by atoms with Crippen molar-refractivity contribution in [1.29, 1.82) is 0 Å². The van der Waals surface area contributed by atoms with Gasteiger partial charge in [0.05, 0.1) is 11.7 Å². The number of rotatable bonds is 3. The zero-order chi connectivity index (χ0) is 14.0. The number of aromatic nitrogens is 1. The van der Waals surface area contributed by atoms with Gasteiger partial charge in [0.15, 0.2) is 5.82 Å². The van der Waals surface area contributed by atoms with Crippen molar-refractivity contribution in [3.63, 3.8) is 0 Å². The van der Waals surface area contributed by atoms with E-state index in [-0.39, 0.29) is 23.0 Å². The number of amides is 1. The van der Waals surface area contributed by atoms with Crippen molar-refractivity contribution < 1.29 is 18.7 Å². The highest BCUT2D eigenvalue weighted by Gasteiger charge is 2.11. The van der Waals surface area contributed by atoms with Crippen molar-refractivity contribution in [2.45, 2.75) is 13.0 Å². The summed E-state index contributed by atoms with van der Waals surface area (Å²) in [5, 5.41) is 11.7. The Morgan fingerprint density at radius 1 is 1.42 bits per heavy atom. The van der Waals surface area contributed by atoms with Crippen LogP contribution in [0.5, 0.6) is 0 Å². The molecular weight excluding hydrogens is 254 g/mol. The smallest absolute Gasteiger partial charge is 0.252 e. The van der Waals surface area contributed by atoms with Crippen molar-refractivity contribution in [3.05, 3.63) is 41.6 Å². The summed E-state index contributed by atoms with van der Waals surface area (Å²) >= 11 is 0. The van der Waals surface area contributed by atoms with Gasteiger partial charge < -0.3 is 10.4 Å². The van der Waals surface area contributed by atoms with Gasteiger partial charge in [-0.2, -0.15) is 0 Å². The Labute approximate surface area is 108 Å². The van der Waals surface area contributed by atoms with Gasteiger partial charge in [-0.3, -0.25) is 9.78 Å². The van der Waals surface area contributed by atoms with Crippen LogP contribution in [0, 0.1) is 11.6 Å². The molecule has 1 atom stereocenters. The predicted molar refractivity (Wildman–Crippen MR) is 65.7 cm³/mol. The zero-order valence-corrected chi connectivity index (χ0v) is 10.2. The van der Waals surface area contributed by atoms with Crippen LogP contribution in [0.2, 0.25) is 0 Å². The van der Waals surface area contributed by atoms with E-state index in [0.717, 1.165) is 12.1 Å². The number of aliphatic hydroxyl groups excluding tert-OH is 1. The molecule has 6 heteroatoms. The summed E-state index contributed by atoms with van der Waals surface area (Å²) in [6.45, 7) is 1.62. The van der Waals surface area contributed by atoms with E-state index in [4.69, 9.17) is 5.11 Å². The summed E-state index contributed by atoms with van der Waals surface area (Å²) in [5.41, 5.74) is 0.187. The minimum atomic E-state index is -0.772. The summed E-state index contributed by atoms with van der Waals surface area (Å²) in [4.78, 5) is 15.5. The Bertz CT molecular complexity index is 629. The molecule has 0 fully saturated rings. The van der Waals surface area contributed by atoms with E-state index in [1.54, 1.807) is 0 Å². The van der Waals surface area contributed by atoms with Crippen molar-refractivity contribution >= 4 is 16.8 Å². The first-order valence-electron chi connectivity index (χ1n) is 5.68. The molecule has 1 aromatic heterocycles. The second kappa shape index (κ2) is 5.27. The number of hydrogen-bond donors (Lipinski definition) is 2. The molecule has 0 aliphatic carbocycles. The maximum atomic E-state index is 13.4. The van der Waals surface area contributed by atoms with Gasteiger partial charge in [-0.1, -0.05) is 0 Å². The number of nitrogens with one attached hydrogen (secondary N) is 1. The van der Waals surface area contributed by atoms with E-state index in [1.807, 2.05) is 0 Å². The molecule has 2 N–H and O–H groups in total. The van der Waals surface area contributed by atoms with Gasteiger partial charge in [0.1, 0.15) is 11.3 Å². The van der Waals surface area contributed by atoms with Gasteiger partial charge in [0, 0.05) is 24.2 Å². The standard InChI is InChI=1S/C13H12F2N2O2/c1-7(18)5-17-13(19)9-2-8-3-10(14)4-11(15)12(8)16-6-9/h2-4,6-7,18H,5H2,1H3,(H,17,19). The molecule has 0 saturated heterocycles. The molecule has 19 heavy (non-hydrogen) atoms. The summed E-state index contributed by atoms with van der Waals surface area (Å²) in [6.07, 6.45) is 0.535. The van der Waals surface area contributed by atoms with Crippen LogP contribution in [0.4, 0.5) is 8.78 Å². The molecular formula is C13H12F2N2O2. The molecule has 2 rings (SSSR count). The molecule has 2 aromatic rings. The lowest BCUT2D eigenvalue weighted by Crippen LogP contribution is -2.30. The minimum absolute atomic E-state index is 0.00785. The van der Waals surface area contributed by atoms with Crippen LogP contribution in [0.1, 0.15) is 17.3 Å². The third-order valence-corrected chi connectivity index (χ3v) is 2.52. The fourth-order valence-corrected chi connectivity index (χ4v) is 1.64. The summed E-state index contributed by atoms with van der Waals surface area (Å²) in [7, 11) is 0. The Hall–Kier alpha value is -2.08. The van der Waals surface area contributed by atoms with Crippen molar-refractivity contribution in [2.24, 2.45) is 0 Å². The highest BCUT2D eigenvalue weighted by molar-refractivity contribution is 5.97. The Morgan fingerprint density at radius 2 is 2.16 bits per heavy atom. The molecule has 1 unspecified atom stereocenters. The van der Waals surface area contributed by atoms with Crippen LogP contribution in [-0.2, 0) is 0 Å². The van der Waals surface area contributed by atoms with Crippen molar-refractivity contribution in [2.75, 3.05) is 6.54 Å². The van der Waals surface area contributed by atoms with E-state index in [1.165, 1.54) is 19.2 Å². The average Bonchev–Trinajstić information content (AvgIpc) is 2.34. The van der Waals surface area contributed by atoms with E-state index in [0.29, 0.717) is 0 Å². The molecule has 1 aromatic carbocycles. The first kappa shape index (κ1) is 13.4. The molecule has 1 heterocycles. The zero-order valence-electron chi connectivity index (χ0n) is 10.2. The second-order valence-corrected chi connectivity index (χ2v) is 4.24. The average molecular weight is 266 g/mol. The molecule has 0 spiro atoms. The number of benzene rings is 1. The summed E-state index contributed by atoms with van der Waals surface area (Å²) < 4.78 is 26.5. The molecule has 0 saturated carbocycles. The SMILES string of the molecule is CC(O)CNC(=O)c1cnc2c(F)cc(F)cc2c1. The largest absolute Gasteiger partial charge is 0.392 e. The van der Waals surface area contributed by atoms with Crippen LogP contribution >= 0.6 is 0 Å². The Balaban J connectivity index is 2.33. The van der Waals surface area contributed by atoms with E-state index in [9.17, 15) is 13.6 Å². The van der Waals surface area contributed by atoms with Crippen LogP contribution < -0.4 is 5.32 Å². The fraction of sp³-hybridized carbons (Fsp3) is 0.231. The number of aliphatic hydroxyl groups is 1. The Morgan fingerprint density at radius 3 is 2.84 bits per heavy atom. The van der Waals surface area contributed by atoms with E-state index < -0.39 is 23.6 Å². The molecule has 0 aliphatic heterocycles. The number of halogens is 2. The number of pyridine rings is 1. The van der Waals surface area contributed by atoms with Crippen molar-refractivity contribution in [1.82, 2.24) is 10.3 Å². The predicted octanol–water partition coefficient (Wildman–Crippen LogP) is 1.62. The monoisotopic (exact) mass is 266 g/mol. The molecule has 100 valence electrons. The number of carbonyl (C=O) groups is 1. The van der Waals surface area contributed by atoms with Gasteiger partial charge >= 0.3 is 0 Å². The van der Waals surface area contributed by atoms with E-state index in [2.05, 4.69) is 10.3 Å². The van der Waals surface area contributed by atoms with E-state index >= 15 is 0 Å². The molecule has 0 bridgehead atoms. The lowest BCUT2D eigenvalue weighted by atomic mass is 10.1. The third-order valence-electron chi connectivity index (χ3n) is 2.52. The molecule has 4 nitrogen and oxygen atoms in total. The number of fused-ring (bicyclic) bond motifs is 1. The normalized spacial score (nSPS) is 12.4. The van der Waals surface area contributed by atoms with Gasteiger partial charge in [-0.25, -0.2) is 8.78 Å². The number of nitrogens with zero attached hydrogens (tertiary/aromatic N) is 1. The van der Waals surface area contributed by atoms with Crippen LogP contribution in [0.3, 0.4) is 0 Å². The first-order chi connectivity index (χ1) is 8.97. The minimum Gasteiger partial charge on any atom is -0.392 e. The number of carbonyl (C=O) groups excluding carboxylic acids is 1. The Kier molecular flexibility index (Phi) is 3.71. The maximum absolute atomic E-state index is 13.4. The van der Waals surface area contributed by atoms with Crippen LogP contribution in [-0.4, -0.2) is 28.6 Å². The molecule has 0 radical (unpaired) electrons. The first-order valence-corrected chi connectivity index (χ1v) is 5.68. The molecule has 0 aliphatic rings. The molecule has 1 amide bonds. The third kappa shape index (κ3) is 3.03. The van der Waals surface area contributed by atoms with Gasteiger partial charge in [0.25, 0.3) is 5.91 Å². The second-order valence-electron chi connectivity index (χ2n) is 4.24. The van der Waals surface area contributed by atoms with Gasteiger partial charge in [-0.15, -0.1) is 0 Å². The fourth-order valence-electron chi connectivity index (χ4n) is 1.64. The lowest BCUT2D eigenvalue weighted by molar-refractivity contribution is 0.0924. The lowest BCUT2D eigenvalue weighted by Gasteiger charge is -2.07. The van der Waals surface area contributed by atoms with Crippen LogP contribution in [0.25, 0.3) is 10.9 Å². The summed E-state index contributed by atoms with van der Waals surface area (Å²) in [6, 6.07) is 3.20.